The van der Waals surface area contributed by atoms with Crippen molar-refractivity contribution in [2.45, 2.75) is 72.9 Å². The number of carbonyl (C=O) groups excluding carboxylic acids is 2. The molecular formula is C24H32ClN5O2. The van der Waals surface area contributed by atoms with Gasteiger partial charge in [-0.05, 0) is 50.7 Å². The van der Waals surface area contributed by atoms with Gasteiger partial charge in [-0.2, -0.15) is 5.10 Å². The third kappa shape index (κ3) is 3.38. The molecule has 3 amide bonds. The van der Waals surface area contributed by atoms with Crippen LogP contribution in [0.5, 0.6) is 0 Å². The van der Waals surface area contributed by atoms with Crippen molar-refractivity contribution < 1.29 is 9.59 Å². The fraction of sp³-hybridized carbons (Fsp3) is 0.542. The fourth-order valence-electron chi connectivity index (χ4n) is 4.98. The van der Waals surface area contributed by atoms with Crippen LogP contribution in [0.1, 0.15) is 70.7 Å². The van der Waals surface area contributed by atoms with Gasteiger partial charge in [0.2, 0.25) is 5.91 Å². The molecule has 0 spiro atoms. The highest BCUT2D eigenvalue weighted by Crippen LogP contribution is 2.54. The summed E-state index contributed by atoms with van der Waals surface area (Å²) in [5.41, 5.74) is 2.04. The van der Waals surface area contributed by atoms with Crippen molar-refractivity contribution in [1.29, 1.82) is 0 Å². The van der Waals surface area contributed by atoms with E-state index in [0.717, 1.165) is 36.1 Å². The van der Waals surface area contributed by atoms with Crippen LogP contribution in [0, 0.1) is 17.8 Å². The number of nitrogens with zero attached hydrogens (tertiary/aromatic N) is 2. The van der Waals surface area contributed by atoms with Crippen LogP contribution in [-0.2, 0) is 16.9 Å². The number of aromatic nitrogens is 2. The normalized spacial score (nSPS) is 18.7. The Morgan fingerprint density at radius 1 is 1.19 bits per heavy atom. The summed E-state index contributed by atoms with van der Waals surface area (Å²) < 4.78 is 0. The molecule has 1 fully saturated rings. The minimum absolute atomic E-state index is 0.0120. The zero-order valence-corrected chi connectivity index (χ0v) is 20.4. The summed E-state index contributed by atoms with van der Waals surface area (Å²) >= 11 is 6.30. The van der Waals surface area contributed by atoms with Gasteiger partial charge in [-0.3, -0.25) is 9.89 Å². The zero-order valence-electron chi connectivity index (χ0n) is 19.6. The summed E-state index contributed by atoms with van der Waals surface area (Å²) in [7, 11) is 0. The van der Waals surface area contributed by atoms with Crippen molar-refractivity contribution in [3.05, 3.63) is 40.0 Å². The molecule has 1 aliphatic carbocycles. The number of para-hydroxylation sites is 1. The van der Waals surface area contributed by atoms with Crippen LogP contribution in [0.25, 0.3) is 0 Å². The Morgan fingerprint density at radius 2 is 1.88 bits per heavy atom. The van der Waals surface area contributed by atoms with Gasteiger partial charge in [0.1, 0.15) is 0 Å². The maximum absolute atomic E-state index is 13.3. The minimum Gasteiger partial charge on any atom is -0.309 e. The van der Waals surface area contributed by atoms with Crippen LogP contribution in [-0.4, -0.2) is 27.0 Å². The lowest BCUT2D eigenvalue weighted by molar-refractivity contribution is -0.139. The lowest BCUT2D eigenvalue weighted by atomic mass is 9.54. The largest absolute Gasteiger partial charge is 0.322 e. The molecule has 2 aromatic rings. The van der Waals surface area contributed by atoms with E-state index in [9.17, 15) is 9.59 Å². The van der Waals surface area contributed by atoms with Gasteiger partial charge < -0.3 is 15.5 Å². The number of hydrogen-bond donors (Lipinski definition) is 3. The van der Waals surface area contributed by atoms with Crippen LogP contribution in [0.3, 0.4) is 0 Å². The third-order valence-corrected chi connectivity index (χ3v) is 7.79. The number of anilines is 2. The van der Waals surface area contributed by atoms with Gasteiger partial charge in [-0.15, -0.1) is 0 Å². The van der Waals surface area contributed by atoms with Crippen LogP contribution in [0.15, 0.2) is 18.2 Å². The maximum Gasteiger partial charge on any atom is 0.322 e. The summed E-state index contributed by atoms with van der Waals surface area (Å²) in [4.78, 5) is 28.2. The van der Waals surface area contributed by atoms with E-state index < -0.39 is 5.54 Å². The van der Waals surface area contributed by atoms with Crippen molar-refractivity contribution in [2.24, 2.45) is 10.8 Å². The molecule has 7 nitrogen and oxygen atoms in total. The Hall–Kier alpha value is -2.54. The van der Waals surface area contributed by atoms with Gasteiger partial charge in [0.25, 0.3) is 0 Å². The number of H-pyrrole nitrogens is 1. The lowest BCUT2D eigenvalue weighted by Gasteiger charge is -2.49. The SMILES string of the molecule is Cc1cccc(Cl)c1NC(=O)N1Cc2c(NC(=O)C3(C(C)(C)C)CCC3)n[nH]c2C1(C)C. The number of rotatable bonds is 3. The number of benzene rings is 1. The fourth-order valence-corrected chi connectivity index (χ4v) is 5.25. The topological polar surface area (TPSA) is 90.1 Å². The molecule has 4 rings (SSSR count). The molecule has 0 radical (unpaired) electrons. The van der Waals surface area contributed by atoms with E-state index in [1.165, 1.54) is 0 Å². The predicted molar refractivity (Wildman–Crippen MR) is 127 cm³/mol. The Bertz CT molecular complexity index is 1060. The number of hydrogen-bond acceptors (Lipinski definition) is 3. The van der Waals surface area contributed by atoms with Gasteiger partial charge in [-0.1, -0.05) is 50.9 Å². The molecule has 2 aliphatic rings. The Morgan fingerprint density at radius 3 is 2.44 bits per heavy atom. The molecule has 0 saturated heterocycles. The first-order valence-electron chi connectivity index (χ1n) is 11.1. The second kappa shape index (κ2) is 7.51. The molecule has 0 unspecified atom stereocenters. The van der Waals surface area contributed by atoms with Crippen LogP contribution < -0.4 is 10.6 Å². The van der Waals surface area contributed by atoms with Crippen LogP contribution >= 0.6 is 11.6 Å². The summed E-state index contributed by atoms with van der Waals surface area (Å²) in [6.07, 6.45) is 2.82. The average molecular weight is 458 g/mol. The average Bonchev–Trinajstić information content (AvgIpc) is 3.14. The number of aromatic amines is 1. The number of halogens is 1. The number of nitrogens with one attached hydrogen (secondary N) is 3. The second-order valence-corrected chi connectivity index (χ2v) is 11.0. The molecular weight excluding hydrogens is 426 g/mol. The first-order chi connectivity index (χ1) is 14.9. The van der Waals surface area contributed by atoms with Crippen molar-refractivity contribution in [2.75, 3.05) is 10.6 Å². The number of aryl methyl sites for hydroxylation is 1. The molecule has 1 aromatic heterocycles. The van der Waals surface area contributed by atoms with Crippen molar-refractivity contribution in [3.63, 3.8) is 0 Å². The Kier molecular flexibility index (Phi) is 5.31. The zero-order chi connectivity index (χ0) is 23.5. The van der Waals surface area contributed by atoms with E-state index in [2.05, 4.69) is 41.6 Å². The van der Waals surface area contributed by atoms with Gasteiger partial charge in [0.15, 0.2) is 5.82 Å². The highest BCUT2D eigenvalue weighted by Gasteiger charge is 2.53. The van der Waals surface area contributed by atoms with Crippen molar-refractivity contribution >= 4 is 35.0 Å². The molecule has 32 heavy (non-hydrogen) atoms. The maximum atomic E-state index is 13.3. The summed E-state index contributed by atoms with van der Waals surface area (Å²) in [6.45, 7) is 12.5. The summed E-state index contributed by atoms with van der Waals surface area (Å²) in [6, 6.07) is 5.26. The van der Waals surface area contributed by atoms with E-state index in [0.29, 0.717) is 23.1 Å². The minimum atomic E-state index is -0.622. The smallest absolute Gasteiger partial charge is 0.309 e. The molecule has 8 heteroatoms. The van der Waals surface area contributed by atoms with Crippen molar-refractivity contribution in [1.82, 2.24) is 15.1 Å². The number of amides is 3. The lowest BCUT2D eigenvalue weighted by Crippen LogP contribution is -2.51. The summed E-state index contributed by atoms with van der Waals surface area (Å²) in [5.74, 6) is 0.524. The van der Waals surface area contributed by atoms with E-state index >= 15 is 0 Å². The first-order valence-corrected chi connectivity index (χ1v) is 11.5. The van der Waals surface area contributed by atoms with Gasteiger partial charge in [0.05, 0.1) is 33.9 Å². The van der Waals surface area contributed by atoms with E-state index in [4.69, 9.17) is 11.6 Å². The highest BCUT2D eigenvalue weighted by atomic mass is 35.5. The van der Waals surface area contributed by atoms with Gasteiger partial charge >= 0.3 is 6.03 Å². The van der Waals surface area contributed by atoms with Crippen LogP contribution in [0.2, 0.25) is 5.02 Å². The summed E-state index contributed by atoms with van der Waals surface area (Å²) in [5, 5.41) is 14.0. The predicted octanol–water partition coefficient (Wildman–Crippen LogP) is 5.81. The standard InChI is InChI=1S/C24H32ClN5O2/c1-14-9-7-10-16(25)17(14)26-21(32)30-13-15-18(23(30,5)6)28-29-19(15)27-20(31)24(11-8-12-24)22(2,3)4/h7,9-10H,8,11-13H2,1-6H3,(H,26,32)(H2,27,28,29,31). The Balaban J connectivity index is 1.56. The molecule has 1 aromatic carbocycles. The van der Waals surface area contributed by atoms with E-state index in [-0.39, 0.29) is 22.8 Å². The van der Waals surface area contributed by atoms with Gasteiger partial charge in [-0.25, -0.2) is 4.79 Å². The highest BCUT2D eigenvalue weighted by molar-refractivity contribution is 6.33. The molecule has 172 valence electrons. The van der Waals surface area contributed by atoms with E-state index in [1.54, 1.807) is 11.0 Å². The molecule has 3 N–H and O–H groups in total. The molecule has 0 bridgehead atoms. The molecule has 0 atom stereocenters. The second-order valence-electron chi connectivity index (χ2n) is 10.6. The van der Waals surface area contributed by atoms with E-state index in [1.807, 2.05) is 32.9 Å². The quantitative estimate of drug-likeness (QED) is 0.543. The number of carbonyl (C=O) groups is 2. The molecule has 1 aliphatic heterocycles. The Labute approximate surface area is 194 Å². The first kappa shape index (κ1) is 22.6. The van der Waals surface area contributed by atoms with Crippen LogP contribution in [0.4, 0.5) is 16.3 Å². The monoisotopic (exact) mass is 457 g/mol. The molecule has 2 heterocycles. The molecule has 1 saturated carbocycles. The third-order valence-electron chi connectivity index (χ3n) is 7.48. The van der Waals surface area contributed by atoms with Gasteiger partial charge in [0, 0.05) is 5.56 Å². The van der Waals surface area contributed by atoms with Crippen molar-refractivity contribution in [3.8, 4) is 0 Å². The number of fused-ring (bicyclic) bond motifs is 1. The number of urea groups is 1.